The summed E-state index contributed by atoms with van der Waals surface area (Å²) in [6.07, 6.45) is 6.93. The van der Waals surface area contributed by atoms with Crippen LogP contribution in [0.4, 0.5) is 0 Å². The van der Waals surface area contributed by atoms with Gasteiger partial charge in [-0.2, -0.15) is 0 Å². The van der Waals surface area contributed by atoms with Crippen molar-refractivity contribution in [3.63, 3.8) is 0 Å². The van der Waals surface area contributed by atoms with Gasteiger partial charge in [-0.1, -0.05) is 124 Å². The summed E-state index contributed by atoms with van der Waals surface area (Å²) in [4.78, 5) is 14.0. The van der Waals surface area contributed by atoms with Crippen LogP contribution in [0.25, 0.3) is 0 Å². The number of hydrogen-bond acceptors (Lipinski definition) is 5. The lowest BCUT2D eigenvalue weighted by atomic mass is 9.63. The van der Waals surface area contributed by atoms with Crippen LogP contribution in [0, 0.1) is 5.92 Å². The van der Waals surface area contributed by atoms with Crippen LogP contribution in [0.1, 0.15) is 81.4 Å². The van der Waals surface area contributed by atoms with Crippen molar-refractivity contribution in [3.8, 4) is 0 Å². The van der Waals surface area contributed by atoms with Crippen LogP contribution in [-0.2, 0) is 27.3 Å². The summed E-state index contributed by atoms with van der Waals surface area (Å²) in [6.45, 7) is 24.5. The number of benzene rings is 3. The zero-order valence-corrected chi connectivity index (χ0v) is 37.7. The van der Waals surface area contributed by atoms with Crippen molar-refractivity contribution in [1.29, 1.82) is 0 Å². The molecule has 3 aromatic rings. The minimum Gasteiger partial charge on any atom is -0.465 e. The van der Waals surface area contributed by atoms with Gasteiger partial charge in [-0.3, -0.25) is 4.79 Å². The third kappa shape index (κ3) is 14.7. The minimum atomic E-state index is -3.00. The van der Waals surface area contributed by atoms with E-state index in [-0.39, 0.29) is 17.3 Å². The number of carbonyl (C=O) groups excluding carboxylic acids is 1. The first-order valence-electron chi connectivity index (χ1n) is 19.3. The highest BCUT2D eigenvalue weighted by molar-refractivity contribution is 6.90. The Morgan fingerprint density at radius 2 is 1.08 bits per heavy atom. The van der Waals surface area contributed by atoms with E-state index in [1.54, 1.807) is 0 Å². The van der Waals surface area contributed by atoms with Crippen LogP contribution in [0.3, 0.4) is 0 Å². The predicted octanol–water partition coefficient (Wildman–Crippen LogP) is 12.2. The van der Waals surface area contributed by atoms with Crippen molar-refractivity contribution >= 4 is 39.7 Å². The monoisotopic (exact) mass is 764 g/mol. The average molecular weight is 765 g/mol. The van der Waals surface area contributed by atoms with Crippen molar-refractivity contribution in [3.05, 3.63) is 108 Å². The molecule has 0 heterocycles. The molecule has 9 heteroatoms. The molecule has 3 aromatic carbocycles. The number of unbranched alkanes of at least 4 members (excludes halogenated alkanes) is 2. The Morgan fingerprint density at radius 3 is 1.51 bits per heavy atom. The van der Waals surface area contributed by atoms with Crippen molar-refractivity contribution in [2.24, 2.45) is 5.92 Å². The molecule has 0 bridgehead atoms. The number of rotatable bonds is 22. The third-order valence-electron chi connectivity index (χ3n) is 8.99. The van der Waals surface area contributed by atoms with Gasteiger partial charge >= 0.3 is 14.8 Å². The molecule has 3 rings (SSSR count). The van der Waals surface area contributed by atoms with Crippen LogP contribution < -0.4 is 0 Å². The summed E-state index contributed by atoms with van der Waals surface area (Å²) >= 11 is 0. The third-order valence-corrected chi connectivity index (χ3v) is 21.0. The highest BCUT2D eigenvalue weighted by Gasteiger charge is 2.49. The fraction of sp³-hybridized carbons (Fsp3) is 0.548. The highest BCUT2D eigenvalue weighted by Crippen LogP contribution is 2.47. The number of hydrogen-bond donors (Lipinski definition) is 0. The molecule has 0 aliphatic heterocycles. The number of carbonyl (C=O) groups is 1. The quantitative estimate of drug-likeness (QED) is 0.0579. The maximum atomic E-state index is 14.0. The van der Waals surface area contributed by atoms with Crippen LogP contribution in [0.5, 0.6) is 0 Å². The molecule has 2 atom stereocenters. The SMILES string of the molecule is CCCCCC(CC(CC(C)C(=O)OCCC[Si](O[Si](C)(C)C)(O[Si](C)(C)C)O[Si](C)(C)C)(c1ccccc1)c1ccccc1)c1ccccc1. The second-order valence-electron chi connectivity index (χ2n) is 17.3. The lowest BCUT2D eigenvalue weighted by Gasteiger charge is -2.43. The summed E-state index contributed by atoms with van der Waals surface area (Å²) in [6, 6.07) is 33.3. The van der Waals surface area contributed by atoms with E-state index >= 15 is 0 Å². The van der Waals surface area contributed by atoms with E-state index in [9.17, 15) is 4.79 Å². The molecule has 0 saturated carbocycles. The Labute approximate surface area is 315 Å². The van der Waals surface area contributed by atoms with Gasteiger partial charge in [-0.05, 0) is 107 Å². The Morgan fingerprint density at radius 1 is 0.627 bits per heavy atom. The largest absolute Gasteiger partial charge is 0.469 e. The van der Waals surface area contributed by atoms with Crippen LogP contribution in [0.15, 0.2) is 91.0 Å². The second kappa shape index (κ2) is 19.3. The molecule has 0 saturated heterocycles. The fourth-order valence-corrected chi connectivity index (χ4v) is 21.9. The normalized spacial score (nSPS) is 14.3. The summed E-state index contributed by atoms with van der Waals surface area (Å²) in [7, 11) is -8.95. The number of ether oxygens (including phenoxy) is 1. The van der Waals surface area contributed by atoms with Gasteiger partial charge in [0.15, 0.2) is 25.0 Å². The molecule has 282 valence electrons. The van der Waals surface area contributed by atoms with Crippen molar-refractivity contribution < 1.29 is 21.9 Å². The first kappa shape index (κ1) is 43.3. The Kier molecular flexibility index (Phi) is 16.4. The van der Waals surface area contributed by atoms with Gasteiger partial charge in [0, 0.05) is 11.5 Å². The zero-order valence-electron chi connectivity index (χ0n) is 33.7. The maximum absolute atomic E-state index is 14.0. The first-order valence-corrected chi connectivity index (χ1v) is 31.5. The average Bonchev–Trinajstić information content (AvgIpc) is 3.04. The molecular weight excluding hydrogens is 697 g/mol. The summed E-state index contributed by atoms with van der Waals surface area (Å²) in [5, 5.41) is 0. The van der Waals surface area contributed by atoms with E-state index in [1.807, 2.05) is 6.92 Å². The van der Waals surface area contributed by atoms with Crippen LogP contribution >= 0.6 is 0 Å². The molecule has 2 unspecified atom stereocenters. The van der Waals surface area contributed by atoms with Gasteiger partial charge in [0.1, 0.15) is 0 Å². The van der Waals surface area contributed by atoms with E-state index in [0.29, 0.717) is 31.4 Å². The van der Waals surface area contributed by atoms with Crippen molar-refractivity contribution in [1.82, 2.24) is 0 Å². The topological polar surface area (TPSA) is 54.0 Å². The van der Waals surface area contributed by atoms with Gasteiger partial charge in [0.05, 0.1) is 12.5 Å². The molecule has 0 radical (unpaired) electrons. The molecule has 0 aromatic heterocycles. The second-order valence-corrected chi connectivity index (χ2v) is 34.3. The molecule has 51 heavy (non-hydrogen) atoms. The van der Waals surface area contributed by atoms with Crippen LogP contribution in [-0.4, -0.2) is 46.3 Å². The first-order chi connectivity index (χ1) is 23.9. The smallest absolute Gasteiger partial charge is 0.465 e. The van der Waals surface area contributed by atoms with E-state index < -0.39 is 33.8 Å². The lowest BCUT2D eigenvalue weighted by molar-refractivity contribution is -0.148. The van der Waals surface area contributed by atoms with E-state index in [1.165, 1.54) is 36.0 Å². The van der Waals surface area contributed by atoms with Gasteiger partial charge < -0.3 is 17.1 Å². The predicted molar refractivity (Wildman–Crippen MR) is 225 cm³/mol. The van der Waals surface area contributed by atoms with Gasteiger partial charge in [0.25, 0.3) is 0 Å². The Hall–Kier alpha value is -2.12. The molecule has 5 nitrogen and oxygen atoms in total. The molecular formula is C42H68O5Si4. The van der Waals surface area contributed by atoms with Crippen LogP contribution in [0.2, 0.25) is 65.0 Å². The highest BCUT2D eigenvalue weighted by atomic mass is 28.5. The lowest BCUT2D eigenvalue weighted by Crippen LogP contribution is -2.60. The fourth-order valence-electron chi connectivity index (χ4n) is 7.23. The van der Waals surface area contributed by atoms with Crippen molar-refractivity contribution in [2.75, 3.05) is 6.61 Å². The number of esters is 1. The molecule has 0 spiro atoms. The molecule has 0 aliphatic rings. The molecule has 0 aliphatic carbocycles. The molecule has 0 N–H and O–H groups in total. The molecule has 0 amide bonds. The summed E-state index contributed by atoms with van der Waals surface area (Å²) in [5.74, 6) is -0.109. The molecule has 0 fully saturated rings. The van der Waals surface area contributed by atoms with Crippen molar-refractivity contribution in [2.45, 2.75) is 135 Å². The van der Waals surface area contributed by atoms with E-state index in [2.05, 4.69) is 157 Å². The Bertz CT molecular complexity index is 1350. The van der Waals surface area contributed by atoms with Gasteiger partial charge in [-0.15, -0.1) is 0 Å². The van der Waals surface area contributed by atoms with E-state index in [4.69, 9.17) is 17.1 Å². The summed E-state index contributed by atoms with van der Waals surface area (Å²) in [5.41, 5.74) is 3.49. The minimum absolute atomic E-state index is 0.149. The Balaban J connectivity index is 1.91. The maximum Gasteiger partial charge on any atom is 0.469 e. The van der Waals surface area contributed by atoms with Gasteiger partial charge in [0.2, 0.25) is 0 Å². The van der Waals surface area contributed by atoms with Gasteiger partial charge in [-0.25, -0.2) is 0 Å². The zero-order chi connectivity index (χ0) is 37.8. The van der Waals surface area contributed by atoms with E-state index in [0.717, 1.165) is 12.8 Å². The summed E-state index contributed by atoms with van der Waals surface area (Å²) < 4.78 is 26.7. The standard InChI is InChI=1S/C42H68O5Si4/c1-12-13-17-27-38(37-25-18-14-19-26-37)35-42(39-28-20-15-21-29-39,40-30-22-16-23-31-40)34-36(2)41(43)44-32-24-33-51(45-48(3,4)5,46-49(6,7)8)47-50(9,10)11/h14-16,18-23,25-26,28-31,36,38H,12-13,17,24,27,32-35H2,1-11H3.